The summed E-state index contributed by atoms with van der Waals surface area (Å²) in [6.45, 7) is -0.219. The minimum atomic E-state index is -0.417. The number of benzene rings is 2. The highest BCUT2D eigenvalue weighted by Gasteiger charge is 2.13. The molecule has 0 saturated carbocycles. The van der Waals surface area contributed by atoms with Gasteiger partial charge in [-0.25, -0.2) is 0 Å². The van der Waals surface area contributed by atoms with Crippen molar-refractivity contribution in [3.63, 3.8) is 0 Å². The summed E-state index contributed by atoms with van der Waals surface area (Å²) < 4.78 is 15.4. The number of hydrogen-bond donors (Lipinski definition) is 2. The van der Waals surface area contributed by atoms with Gasteiger partial charge in [-0.05, 0) is 36.4 Å². The molecule has 0 radical (unpaired) electrons. The zero-order valence-corrected chi connectivity index (χ0v) is 15.3. The number of halogens is 1. The lowest BCUT2D eigenvalue weighted by atomic mass is 10.2. The molecule has 0 aromatic heterocycles. The van der Waals surface area contributed by atoms with E-state index in [-0.39, 0.29) is 6.54 Å². The zero-order chi connectivity index (χ0) is 19.1. The van der Waals surface area contributed by atoms with E-state index in [0.717, 1.165) is 0 Å². The average Bonchev–Trinajstić information content (AvgIpc) is 2.65. The Labute approximate surface area is 156 Å². The first-order valence-corrected chi connectivity index (χ1v) is 8.00. The lowest BCUT2D eigenvalue weighted by molar-refractivity contribution is -0.115. The number of amides is 2. The number of methoxy groups -OCH3 is 3. The van der Waals surface area contributed by atoms with Crippen molar-refractivity contribution < 1.29 is 23.8 Å². The van der Waals surface area contributed by atoms with Crippen LogP contribution >= 0.6 is 11.6 Å². The molecular formula is C18H19ClN2O5. The van der Waals surface area contributed by atoms with Crippen LogP contribution in [0.25, 0.3) is 0 Å². The van der Waals surface area contributed by atoms with Gasteiger partial charge in [0, 0.05) is 10.6 Å². The van der Waals surface area contributed by atoms with Gasteiger partial charge < -0.3 is 24.8 Å². The third-order valence-corrected chi connectivity index (χ3v) is 3.73. The van der Waals surface area contributed by atoms with Crippen LogP contribution in [0.1, 0.15) is 10.4 Å². The Morgan fingerprint density at radius 2 is 1.58 bits per heavy atom. The molecule has 0 saturated heterocycles. The summed E-state index contributed by atoms with van der Waals surface area (Å²) >= 11 is 5.92. The van der Waals surface area contributed by atoms with Gasteiger partial charge in [-0.3, -0.25) is 9.59 Å². The maximum atomic E-state index is 12.2. The van der Waals surface area contributed by atoms with E-state index in [9.17, 15) is 9.59 Å². The molecule has 0 bridgehead atoms. The quantitative estimate of drug-likeness (QED) is 0.773. The number of anilines is 1. The Morgan fingerprint density at radius 3 is 2.23 bits per heavy atom. The maximum Gasteiger partial charge on any atom is 0.251 e. The molecule has 2 aromatic rings. The van der Waals surface area contributed by atoms with Gasteiger partial charge in [0.15, 0.2) is 11.5 Å². The Kier molecular flexibility index (Phi) is 6.68. The van der Waals surface area contributed by atoms with Gasteiger partial charge in [0.1, 0.15) is 5.75 Å². The molecule has 0 aliphatic carbocycles. The summed E-state index contributed by atoms with van der Waals surface area (Å²) in [6.07, 6.45) is 0. The molecule has 0 atom stereocenters. The molecule has 0 aliphatic rings. The Morgan fingerprint density at radius 1 is 0.923 bits per heavy atom. The van der Waals surface area contributed by atoms with Gasteiger partial charge in [-0.2, -0.15) is 0 Å². The molecule has 7 nitrogen and oxygen atoms in total. The largest absolute Gasteiger partial charge is 0.495 e. The Bertz CT molecular complexity index is 810. The number of ether oxygens (including phenoxy) is 3. The van der Waals surface area contributed by atoms with Crippen LogP contribution < -0.4 is 24.8 Å². The van der Waals surface area contributed by atoms with E-state index in [0.29, 0.717) is 33.5 Å². The van der Waals surface area contributed by atoms with Gasteiger partial charge in [0.25, 0.3) is 5.91 Å². The highest BCUT2D eigenvalue weighted by Crippen LogP contribution is 2.28. The van der Waals surface area contributed by atoms with Crippen molar-refractivity contribution >= 4 is 29.1 Å². The van der Waals surface area contributed by atoms with Gasteiger partial charge >= 0.3 is 0 Å². The molecule has 0 aliphatic heterocycles. The molecule has 2 N–H and O–H groups in total. The van der Waals surface area contributed by atoms with Gasteiger partial charge in [0.2, 0.25) is 5.91 Å². The minimum absolute atomic E-state index is 0.219. The van der Waals surface area contributed by atoms with E-state index < -0.39 is 11.8 Å². The first-order valence-electron chi connectivity index (χ1n) is 7.62. The van der Waals surface area contributed by atoms with Crippen molar-refractivity contribution in [2.24, 2.45) is 0 Å². The van der Waals surface area contributed by atoms with Crippen molar-refractivity contribution in [1.82, 2.24) is 5.32 Å². The molecule has 26 heavy (non-hydrogen) atoms. The third kappa shape index (κ3) is 4.80. The number of hydrogen-bond acceptors (Lipinski definition) is 5. The summed E-state index contributed by atoms with van der Waals surface area (Å²) in [4.78, 5) is 24.3. The molecule has 0 spiro atoms. The first-order chi connectivity index (χ1) is 12.5. The van der Waals surface area contributed by atoms with E-state index in [1.54, 1.807) is 30.3 Å². The van der Waals surface area contributed by atoms with Crippen molar-refractivity contribution in [2.45, 2.75) is 0 Å². The monoisotopic (exact) mass is 378 g/mol. The van der Waals surface area contributed by atoms with E-state index in [4.69, 9.17) is 25.8 Å². The SMILES string of the molecule is COc1ccc(Cl)cc1NC(=O)CNC(=O)c1ccc(OC)c(OC)c1. The maximum absolute atomic E-state index is 12.2. The molecule has 8 heteroatoms. The summed E-state index contributed by atoms with van der Waals surface area (Å²) in [5, 5.41) is 5.63. The van der Waals surface area contributed by atoms with Gasteiger partial charge in [-0.1, -0.05) is 11.6 Å². The van der Waals surface area contributed by atoms with Crippen LogP contribution in [-0.4, -0.2) is 39.7 Å². The van der Waals surface area contributed by atoms with Crippen molar-refractivity contribution in [2.75, 3.05) is 33.2 Å². The van der Waals surface area contributed by atoms with Crippen LogP contribution in [-0.2, 0) is 4.79 Å². The molecule has 0 fully saturated rings. The number of nitrogens with one attached hydrogen (secondary N) is 2. The fourth-order valence-corrected chi connectivity index (χ4v) is 2.38. The van der Waals surface area contributed by atoms with E-state index in [1.807, 2.05) is 0 Å². The fourth-order valence-electron chi connectivity index (χ4n) is 2.21. The van der Waals surface area contributed by atoms with Gasteiger partial charge in [-0.15, -0.1) is 0 Å². The number of rotatable bonds is 7. The van der Waals surface area contributed by atoms with E-state index in [1.165, 1.54) is 27.4 Å². The first kappa shape index (κ1) is 19.4. The minimum Gasteiger partial charge on any atom is -0.495 e. The topological polar surface area (TPSA) is 85.9 Å². The summed E-state index contributed by atoms with van der Waals surface area (Å²) in [5.74, 6) is 0.565. The predicted octanol–water partition coefficient (Wildman–Crippen LogP) is 2.73. The predicted molar refractivity (Wildman–Crippen MR) is 98.5 cm³/mol. The van der Waals surface area contributed by atoms with E-state index in [2.05, 4.69) is 10.6 Å². The lowest BCUT2D eigenvalue weighted by Crippen LogP contribution is -2.32. The molecule has 0 heterocycles. The Balaban J connectivity index is 1.99. The molecular weight excluding hydrogens is 360 g/mol. The van der Waals surface area contributed by atoms with Crippen LogP contribution in [0.4, 0.5) is 5.69 Å². The van der Waals surface area contributed by atoms with Crippen LogP contribution in [0.5, 0.6) is 17.2 Å². The van der Waals surface area contributed by atoms with Crippen molar-refractivity contribution in [1.29, 1.82) is 0 Å². The fraction of sp³-hybridized carbons (Fsp3) is 0.222. The summed E-state index contributed by atoms with van der Waals surface area (Å²) in [6, 6.07) is 9.58. The van der Waals surface area contributed by atoms with Gasteiger partial charge in [0.05, 0.1) is 33.6 Å². The van der Waals surface area contributed by atoms with E-state index >= 15 is 0 Å². The number of carbonyl (C=O) groups excluding carboxylic acids is 2. The second-order valence-electron chi connectivity index (χ2n) is 5.15. The van der Waals surface area contributed by atoms with Crippen molar-refractivity contribution in [3.8, 4) is 17.2 Å². The molecule has 2 rings (SSSR count). The summed E-state index contributed by atoms with van der Waals surface area (Å²) in [5.41, 5.74) is 0.765. The van der Waals surface area contributed by atoms with Crippen LogP contribution in [0.2, 0.25) is 5.02 Å². The average molecular weight is 379 g/mol. The second-order valence-corrected chi connectivity index (χ2v) is 5.58. The summed E-state index contributed by atoms with van der Waals surface area (Å²) in [7, 11) is 4.47. The smallest absolute Gasteiger partial charge is 0.251 e. The Hall–Kier alpha value is -2.93. The lowest BCUT2D eigenvalue weighted by Gasteiger charge is -2.12. The highest BCUT2D eigenvalue weighted by molar-refractivity contribution is 6.31. The highest BCUT2D eigenvalue weighted by atomic mass is 35.5. The second kappa shape index (κ2) is 8.96. The number of carbonyl (C=O) groups is 2. The van der Waals surface area contributed by atoms with Crippen LogP contribution in [0, 0.1) is 0 Å². The molecule has 0 unspecified atom stereocenters. The third-order valence-electron chi connectivity index (χ3n) is 3.49. The normalized spacial score (nSPS) is 10.0. The molecule has 138 valence electrons. The molecule has 2 amide bonds. The zero-order valence-electron chi connectivity index (χ0n) is 14.6. The van der Waals surface area contributed by atoms with Crippen LogP contribution in [0.15, 0.2) is 36.4 Å². The molecule has 2 aromatic carbocycles. The van der Waals surface area contributed by atoms with Crippen LogP contribution in [0.3, 0.4) is 0 Å². The van der Waals surface area contributed by atoms with Crippen molar-refractivity contribution in [3.05, 3.63) is 47.0 Å². The standard InChI is InChI=1S/C18H19ClN2O5/c1-24-14-7-5-12(19)9-13(14)21-17(22)10-20-18(23)11-4-6-15(25-2)16(8-11)26-3/h4-9H,10H2,1-3H3,(H,20,23)(H,21,22).